The average molecular weight is 382 g/mol. The molecule has 2 atom stereocenters. The maximum absolute atomic E-state index is 10.3. The lowest BCUT2D eigenvalue weighted by Gasteiger charge is -2.30. The van der Waals surface area contributed by atoms with Crippen LogP contribution in [0.1, 0.15) is 43.7 Å². The Morgan fingerprint density at radius 1 is 1.11 bits per heavy atom. The number of aliphatic hydroxyl groups is 1. The zero-order valence-electron chi connectivity index (χ0n) is 10.4. The number of aliphatic hydroxyl groups excluding tert-OH is 1. The number of halogens is 2. The third kappa shape index (κ3) is 4.08. The highest BCUT2D eigenvalue weighted by Gasteiger charge is 2.27. The molecule has 1 aliphatic rings. The summed E-state index contributed by atoms with van der Waals surface area (Å²) >= 11 is 2.28. The molecule has 0 spiro atoms. The number of hydrogen-bond acceptors (Lipinski definition) is 2. The van der Waals surface area contributed by atoms with E-state index in [2.05, 4.69) is 22.6 Å². The first-order valence-corrected chi connectivity index (χ1v) is 7.45. The maximum Gasteiger partial charge on any atom is 0.0760 e. The fourth-order valence-electron chi connectivity index (χ4n) is 2.65. The Balaban J connectivity index is 0.00000162. The molecule has 0 bridgehead atoms. The van der Waals surface area contributed by atoms with Crippen LogP contribution in [0.4, 0.5) is 0 Å². The molecule has 18 heavy (non-hydrogen) atoms. The maximum atomic E-state index is 10.3. The zero-order chi connectivity index (χ0) is 12.3. The van der Waals surface area contributed by atoms with Crippen molar-refractivity contribution in [1.82, 2.24) is 0 Å². The molecule has 2 nitrogen and oxygen atoms in total. The summed E-state index contributed by atoms with van der Waals surface area (Å²) in [6.07, 6.45) is 5.64. The smallest absolute Gasteiger partial charge is 0.0760 e. The molecule has 1 fully saturated rings. The Labute approximate surface area is 129 Å². The quantitative estimate of drug-likeness (QED) is 0.785. The van der Waals surface area contributed by atoms with Gasteiger partial charge in [0.2, 0.25) is 0 Å². The van der Waals surface area contributed by atoms with E-state index in [9.17, 15) is 5.11 Å². The summed E-state index contributed by atoms with van der Waals surface area (Å²) in [7, 11) is 0. The lowest BCUT2D eigenvalue weighted by atomic mass is 9.81. The van der Waals surface area contributed by atoms with E-state index in [0.717, 1.165) is 18.4 Å². The molecule has 0 radical (unpaired) electrons. The number of hydrogen-bond donors (Lipinski definition) is 2. The normalized spacial score (nSPS) is 19.9. The fraction of sp³-hybridized carbons (Fsp3) is 0.571. The molecule has 1 aromatic rings. The van der Waals surface area contributed by atoms with Crippen LogP contribution in [0.25, 0.3) is 0 Å². The van der Waals surface area contributed by atoms with Gasteiger partial charge in [-0.3, -0.25) is 0 Å². The molecule has 1 saturated carbocycles. The standard InChI is InChI=1S/C14H20INO.ClH/c15-12-8-6-10(7-9-12)13(16)14(17)11-4-2-1-3-5-11;/h6-9,11,13-14,17H,1-5,16H2;1H/t13-,14+;/m1./s1. The zero-order valence-corrected chi connectivity index (χ0v) is 13.4. The third-order valence-electron chi connectivity index (χ3n) is 3.76. The SMILES string of the molecule is Cl.N[C@H](c1ccc(I)cc1)[C@@H](O)C1CCCCC1. The predicted octanol–water partition coefficient (Wildman–Crippen LogP) is 3.65. The molecule has 102 valence electrons. The highest BCUT2D eigenvalue weighted by Crippen LogP contribution is 2.31. The highest BCUT2D eigenvalue weighted by atomic mass is 127. The molecule has 0 aliphatic heterocycles. The number of benzene rings is 1. The van der Waals surface area contributed by atoms with Crippen LogP contribution in [0.5, 0.6) is 0 Å². The summed E-state index contributed by atoms with van der Waals surface area (Å²) in [4.78, 5) is 0. The van der Waals surface area contributed by atoms with Crippen LogP contribution in [-0.2, 0) is 0 Å². The van der Waals surface area contributed by atoms with Crippen molar-refractivity contribution < 1.29 is 5.11 Å². The first-order valence-electron chi connectivity index (χ1n) is 6.37. The molecule has 0 heterocycles. The second-order valence-corrected chi connectivity index (χ2v) is 6.21. The third-order valence-corrected chi connectivity index (χ3v) is 4.47. The van der Waals surface area contributed by atoms with Crippen LogP contribution in [0, 0.1) is 9.49 Å². The molecule has 0 aromatic heterocycles. The monoisotopic (exact) mass is 381 g/mol. The van der Waals surface area contributed by atoms with Crippen molar-refractivity contribution in [1.29, 1.82) is 0 Å². The molecule has 1 aliphatic carbocycles. The van der Waals surface area contributed by atoms with Gasteiger partial charge in [-0.25, -0.2) is 0 Å². The second-order valence-electron chi connectivity index (χ2n) is 4.97. The van der Waals surface area contributed by atoms with Gasteiger partial charge in [0.15, 0.2) is 0 Å². The van der Waals surface area contributed by atoms with Crippen LogP contribution >= 0.6 is 35.0 Å². The van der Waals surface area contributed by atoms with Crippen molar-refractivity contribution >= 4 is 35.0 Å². The minimum atomic E-state index is -0.393. The molecule has 1 aromatic carbocycles. The molecule has 2 rings (SSSR count). The Hall–Kier alpha value is 0.160. The van der Waals surface area contributed by atoms with E-state index >= 15 is 0 Å². The van der Waals surface area contributed by atoms with Gasteiger partial charge in [0.1, 0.15) is 0 Å². The van der Waals surface area contributed by atoms with Crippen molar-refractivity contribution in [2.24, 2.45) is 11.7 Å². The lowest BCUT2D eigenvalue weighted by Crippen LogP contribution is -2.34. The Kier molecular flexibility index (Phi) is 6.92. The summed E-state index contributed by atoms with van der Waals surface area (Å²) in [6, 6.07) is 7.90. The van der Waals surface area contributed by atoms with Crippen LogP contribution in [0.3, 0.4) is 0 Å². The van der Waals surface area contributed by atoms with Crippen molar-refractivity contribution in [3.8, 4) is 0 Å². The summed E-state index contributed by atoms with van der Waals surface area (Å²) in [5.41, 5.74) is 7.21. The van der Waals surface area contributed by atoms with Gasteiger partial charge in [0.25, 0.3) is 0 Å². The summed E-state index contributed by atoms with van der Waals surface area (Å²) < 4.78 is 1.20. The molecule has 0 saturated heterocycles. The molecular formula is C14H21ClINO. The Bertz CT molecular complexity index is 351. The van der Waals surface area contributed by atoms with E-state index in [1.54, 1.807) is 0 Å². The number of rotatable bonds is 3. The van der Waals surface area contributed by atoms with Gasteiger partial charge in [-0.2, -0.15) is 0 Å². The molecular weight excluding hydrogens is 361 g/mol. The van der Waals surface area contributed by atoms with Gasteiger partial charge in [-0.05, 0) is 59.0 Å². The summed E-state index contributed by atoms with van der Waals surface area (Å²) in [5.74, 6) is 0.387. The molecule has 3 N–H and O–H groups in total. The van der Waals surface area contributed by atoms with E-state index < -0.39 is 6.10 Å². The first-order chi connectivity index (χ1) is 8.18. The molecule has 0 amide bonds. The lowest BCUT2D eigenvalue weighted by molar-refractivity contribution is 0.0618. The van der Waals surface area contributed by atoms with Crippen molar-refractivity contribution in [2.75, 3.05) is 0 Å². The average Bonchev–Trinajstić information content (AvgIpc) is 2.39. The van der Waals surface area contributed by atoms with Gasteiger partial charge in [-0.1, -0.05) is 31.4 Å². The van der Waals surface area contributed by atoms with Gasteiger partial charge < -0.3 is 10.8 Å². The van der Waals surface area contributed by atoms with Gasteiger partial charge in [-0.15, -0.1) is 12.4 Å². The topological polar surface area (TPSA) is 46.2 Å². The van der Waals surface area contributed by atoms with E-state index in [1.807, 2.05) is 24.3 Å². The van der Waals surface area contributed by atoms with Crippen LogP contribution < -0.4 is 5.73 Å². The van der Waals surface area contributed by atoms with E-state index in [-0.39, 0.29) is 18.4 Å². The van der Waals surface area contributed by atoms with E-state index in [4.69, 9.17) is 5.73 Å². The second kappa shape index (κ2) is 7.68. The Morgan fingerprint density at radius 2 is 1.67 bits per heavy atom. The van der Waals surface area contributed by atoms with E-state index in [0.29, 0.717) is 5.92 Å². The van der Waals surface area contributed by atoms with Gasteiger partial charge in [0.05, 0.1) is 12.1 Å². The van der Waals surface area contributed by atoms with Crippen LogP contribution in [0.15, 0.2) is 24.3 Å². The van der Waals surface area contributed by atoms with Crippen molar-refractivity contribution in [3.05, 3.63) is 33.4 Å². The molecule has 4 heteroatoms. The highest BCUT2D eigenvalue weighted by molar-refractivity contribution is 14.1. The van der Waals surface area contributed by atoms with Crippen LogP contribution in [-0.4, -0.2) is 11.2 Å². The summed E-state index contributed by atoms with van der Waals surface area (Å²) in [5, 5.41) is 10.3. The summed E-state index contributed by atoms with van der Waals surface area (Å²) in [6.45, 7) is 0. The minimum Gasteiger partial charge on any atom is -0.391 e. The van der Waals surface area contributed by atoms with Crippen molar-refractivity contribution in [3.63, 3.8) is 0 Å². The fourth-order valence-corrected chi connectivity index (χ4v) is 3.01. The van der Waals surface area contributed by atoms with Gasteiger partial charge >= 0.3 is 0 Å². The predicted molar refractivity (Wildman–Crippen MR) is 85.9 cm³/mol. The van der Waals surface area contributed by atoms with E-state index in [1.165, 1.54) is 22.8 Å². The number of nitrogens with two attached hydrogens (primary N) is 1. The largest absolute Gasteiger partial charge is 0.391 e. The molecule has 0 unspecified atom stereocenters. The Morgan fingerprint density at radius 3 is 2.22 bits per heavy atom. The van der Waals surface area contributed by atoms with Crippen LogP contribution in [0.2, 0.25) is 0 Å². The van der Waals surface area contributed by atoms with Gasteiger partial charge in [0, 0.05) is 3.57 Å². The first kappa shape index (κ1) is 16.2. The van der Waals surface area contributed by atoms with Crippen molar-refractivity contribution in [2.45, 2.75) is 44.2 Å². The minimum absolute atomic E-state index is 0.